The third-order valence-electron chi connectivity index (χ3n) is 3.06. The third kappa shape index (κ3) is 5.85. The fraction of sp³-hybridized carbons (Fsp3) is 0.400. The molecule has 2 rings (SSSR count). The first-order valence-electron chi connectivity index (χ1n) is 8.39. The van der Waals surface area contributed by atoms with Crippen LogP contribution in [0, 0.1) is 12.8 Å². The smallest absolute Gasteiger partial charge is 0.248 e. The SMILES string of the molecule is CC.CC/C=C(\C=C/C(C)C)c1nnc(-c2ccc(C)cc2)o1. The lowest BCUT2D eigenvalue weighted by molar-refractivity contribution is 0.554. The molecule has 0 amide bonds. The maximum atomic E-state index is 5.81. The lowest BCUT2D eigenvalue weighted by atomic mass is 10.1. The van der Waals surface area contributed by atoms with E-state index in [1.165, 1.54) is 5.56 Å². The molecular weight excluding hydrogens is 284 g/mol. The molecule has 0 radical (unpaired) electrons. The summed E-state index contributed by atoms with van der Waals surface area (Å²) in [5.74, 6) is 1.62. The maximum Gasteiger partial charge on any atom is 0.248 e. The molecule has 0 atom stereocenters. The molecule has 0 saturated carbocycles. The van der Waals surface area contributed by atoms with E-state index in [4.69, 9.17) is 4.42 Å². The Bertz CT molecular complexity index is 634. The van der Waals surface area contributed by atoms with Crippen LogP contribution in [-0.4, -0.2) is 10.2 Å². The van der Waals surface area contributed by atoms with Gasteiger partial charge in [0.2, 0.25) is 11.8 Å². The second-order valence-electron chi connectivity index (χ2n) is 5.45. The molecule has 0 aliphatic heterocycles. The van der Waals surface area contributed by atoms with Gasteiger partial charge in [0.05, 0.1) is 0 Å². The van der Waals surface area contributed by atoms with Crippen molar-refractivity contribution in [3.05, 3.63) is 53.9 Å². The number of nitrogens with zero attached hydrogens (tertiary/aromatic N) is 2. The lowest BCUT2D eigenvalue weighted by Crippen LogP contribution is -1.84. The van der Waals surface area contributed by atoms with Crippen molar-refractivity contribution in [3.8, 4) is 11.5 Å². The van der Waals surface area contributed by atoms with Crippen molar-refractivity contribution in [2.45, 2.75) is 48.0 Å². The van der Waals surface area contributed by atoms with Crippen molar-refractivity contribution in [3.63, 3.8) is 0 Å². The molecule has 23 heavy (non-hydrogen) atoms. The van der Waals surface area contributed by atoms with E-state index in [9.17, 15) is 0 Å². The Morgan fingerprint density at radius 2 is 1.78 bits per heavy atom. The first-order chi connectivity index (χ1) is 11.1. The molecule has 0 spiro atoms. The molecule has 0 aliphatic rings. The molecule has 0 N–H and O–H groups in total. The van der Waals surface area contributed by atoms with Crippen LogP contribution in [0.15, 0.2) is 46.9 Å². The quantitative estimate of drug-likeness (QED) is 0.628. The number of hydrogen-bond donors (Lipinski definition) is 0. The predicted octanol–water partition coefficient (Wildman–Crippen LogP) is 6.08. The Kier molecular flexibility index (Phi) is 8.03. The van der Waals surface area contributed by atoms with E-state index in [1.807, 2.05) is 38.1 Å². The first kappa shape index (κ1) is 18.9. The molecule has 0 unspecified atom stereocenters. The molecule has 0 bridgehead atoms. The van der Waals surface area contributed by atoms with E-state index in [0.29, 0.717) is 17.7 Å². The summed E-state index contributed by atoms with van der Waals surface area (Å²) in [5.41, 5.74) is 3.14. The first-order valence-corrected chi connectivity index (χ1v) is 8.39. The van der Waals surface area contributed by atoms with Gasteiger partial charge in [0.25, 0.3) is 0 Å². The minimum absolute atomic E-state index is 0.491. The number of allylic oxidation sites excluding steroid dienone is 4. The third-order valence-corrected chi connectivity index (χ3v) is 3.06. The molecule has 3 heteroatoms. The molecule has 3 nitrogen and oxygen atoms in total. The van der Waals surface area contributed by atoms with Gasteiger partial charge in [-0.05, 0) is 31.4 Å². The van der Waals surface area contributed by atoms with Crippen molar-refractivity contribution in [1.82, 2.24) is 10.2 Å². The van der Waals surface area contributed by atoms with Crippen LogP contribution >= 0.6 is 0 Å². The topological polar surface area (TPSA) is 38.9 Å². The minimum atomic E-state index is 0.491. The van der Waals surface area contributed by atoms with Gasteiger partial charge >= 0.3 is 0 Å². The zero-order valence-electron chi connectivity index (χ0n) is 15.1. The van der Waals surface area contributed by atoms with E-state index in [2.05, 4.69) is 56.1 Å². The van der Waals surface area contributed by atoms with Gasteiger partial charge in [0, 0.05) is 11.1 Å². The second kappa shape index (κ2) is 9.78. The molecule has 0 fully saturated rings. The van der Waals surface area contributed by atoms with Crippen LogP contribution in [0.5, 0.6) is 0 Å². The highest BCUT2D eigenvalue weighted by molar-refractivity contribution is 5.69. The van der Waals surface area contributed by atoms with Crippen LogP contribution in [0.25, 0.3) is 17.0 Å². The van der Waals surface area contributed by atoms with E-state index in [1.54, 1.807) is 0 Å². The van der Waals surface area contributed by atoms with E-state index < -0.39 is 0 Å². The molecule has 1 aromatic carbocycles. The standard InChI is InChI=1S/C18H22N2O.C2H6/c1-5-6-15(10-7-13(2)3)17-19-20-18(21-17)16-11-8-14(4)9-12-16;1-2/h6-13H,5H2,1-4H3;1-2H3/b10-7-,15-6+;. The van der Waals surface area contributed by atoms with Gasteiger partial charge in [-0.2, -0.15) is 0 Å². The van der Waals surface area contributed by atoms with Gasteiger partial charge in [0.15, 0.2) is 0 Å². The normalized spacial score (nSPS) is 11.7. The van der Waals surface area contributed by atoms with E-state index >= 15 is 0 Å². The highest BCUT2D eigenvalue weighted by Gasteiger charge is 2.10. The zero-order valence-corrected chi connectivity index (χ0v) is 15.1. The molecule has 2 aromatic rings. The van der Waals surface area contributed by atoms with Crippen molar-refractivity contribution in [2.75, 3.05) is 0 Å². The number of benzene rings is 1. The Labute approximate surface area is 140 Å². The molecule has 0 saturated heterocycles. The van der Waals surface area contributed by atoms with Gasteiger partial charge in [-0.1, -0.05) is 70.5 Å². The summed E-state index contributed by atoms with van der Waals surface area (Å²) in [6.45, 7) is 12.4. The highest BCUT2D eigenvalue weighted by atomic mass is 16.4. The minimum Gasteiger partial charge on any atom is -0.416 e. The largest absolute Gasteiger partial charge is 0.416 e. The number of hydrogen-bond acceptors (Lipinski definition) is 3. The summed E-state index contributed by atoms with van der Waals surface area (Å²) in [7, 11) is 0. The summed E-state index contributed by atoms with van der Waals surface area (Å²) in [4.78, 5) is 0. The zero-order chi connectivity index (χ0) is 17.2. The van der Waals surface area contributed by atoms with Crippen LogP contribution in [0.1, 0.15) is 52.5 Å². The van der Waals surface area contributed by atoms with Crippen molar-refractivity contribution < 1.29 is 4.42 Å². The van der Waals surface area contributed by atoms with Gasteiger partial charge in [-0.15, -0.1) is 10.2 Å². The Morgan fingerprint density at radius 3 is 2.35 bits per heavy atom. The maximum absolute atomic E-state index is 5.81. The predicted molar refractivity (Wildman–Crippen MR) is 98.1 cm³/mol. The molecular formula is C20H28N2O. The Hall–Kier alpha value is -2.16. The number of aromatic nitrogens is 2. The Morgan fingerprint density at radius 1 is 1.13 bits per heavy atom. The van der Waals surface area contributed by atoms with Crippen LogP contribution < -0.4 is 0 Å². The molecule has 0 aliphatic carbocycles. The number of aryl methyl sites for hydroxylation is 1. The summed E-state index contributed by atoms with van der Waals surface area (Å²) in [6.07, 6.45) is 7.23. The molecule has 1 heterocycles. The van der Waals surface area contributed by atoms with Gasteiger partial charge in [-0.3, -0.25) is 0 Å². The summed E-state index contributed by atoms with van der Waals surface area (Å²) >= 11 is 0. The van der Waals surface area contributed by atoms with Gasteiger partial charge in [0.1, 0.15) is 0 Å². The van der Waals surface area contributed by atoms with Gasteiger partial charge in [-0.25, -0.2) is 0 Å². The van der Waals surface area contributed by atoms with Crippen molar-refractivity contribution in [1.29, 1.82) is 0 Å². The molecule has 1 aromatic heterocycles. The molecule has 124 valence electrons. The van der Waals surface area contributed by atoms with Crippen molar-refractivity contribution in [2.24, 2.45) is 5.92 Å². The fourth-order valence-electron chi connectivity index (χ4n) is 1.90. The van der Waals surface area contributed by atoms with Gasteiger partial charge < -0.3 is 4.42 Å². The van der Waals surface area contributed by atoms with E-state index in [-0.39, 0.29) is 0 Å². The van der Waals surface area contributed by atoms with Crippen LogP contribution in [0.3, 0.4) is 0 Å². The van der Waals surface area contributed by atoms with Crippen LogP contribution in [0.2, 0.25) is 0 Å². The monoisotopic (exact) mass is 312 g/mol. The average Bonchev–Trinajstić information content (AvgIpc) is 3.03. The average molecular weight is 312 g/mol. The van der Waals surface area contributed by atoms with E-state index in [0.717, 1.165) is 17.6 Å². The fourth-order valence-corrected chi connectivity index (χ4v) is 1.90. The van der Waals surface area contributed by atoms with Crippen LogP contribution in [0.4, 0.5) is 0 Å². The highest BCUT2D eigenvalue weighted by Crippen LogP contribution is 2.23. The summed E-state index contributed by atoms with van der Waals surface area (Å²) in [5, 5.41) is 8.33. The Balaban J connectivity index is 0.00000127. The van der Waals surface area contributed by atoms with Crippen LogP contribution in [-0.2, 0) is 0 Å². The summed E-state index contributed by atoms with van der Waals surface area (Å²) < 4.78 is 5.81. The number of rotatable bonds is 5. The second-order valence-corrected chi connectivity index (χ2v) is 5.45. The lowest BCUT2D eigenvalue weighted by Gasteiger charge is -1.98. The van der Waals surface area contributed by atoms with Crippen molar-refractivity contribution >= 4 is 5.57 Å². The summed E-state index contributed by atoms with van der Waals surface area (Å²) in [6, 6.07) is 8.08.